The van der Waals surface area contributed by atoms with Gasteiger partial charge in [-0.1, -0.05) is 38.1 Å². The molecule has 0 atom stereocenters. The number of carbonyl (C=O) groups excluding carboxylic acids is 2. The maximum Gasteiger partial charge on any atom is 0.348 e. The van der Waals surface area contributed by atoms with Crippen LogP contribution in [0.15, 0.2) is 89.9 Å². The van der Waals surface area contributed by atoms with E-state index in [0.29, 0.717) is 71.8 Å². The molecule has 67 heavy (non-hydrogen) atoms. The standard InChI is InChI=1S/C49H55N11O6.ClH/c1-6-66-43-25-34(15-16-38(43)51-48-50-28-40-45(52-48)55(4)39-10-8-7-9-35(39)47(64)56(40)5)58-19-17-32(18-20-58)46(63)59-23-21-57(22-24-59)29-31-11-13-33(14-12-31)60-44(53-54-49(60)65)37-26-36(30(2)3)41(61)27-42(37)62;/h7-16,25-28,30,32,61-62H,6,17-24,29H2,1-5H3,(H,54,65)(H,50,51,52);1H. The van der Waals surface area contributed by atoms with Gasteiger partial charge in [0.05, 0.1) is 41.0 Å². The van der Waals surface area contributed by atoms with E-state index >= 15 is 0 Å². The van der Waals surface area contributed by atoms with Crippen LogP contribution in [0.1, 0.15) is 61.0 Å². The number of benzene rings is 4. The summed E-state index contributed by atoms with van der Waals surface area (Å²) in [5, 5.41) is 31.1. The van der Waals surface area contributed by atoms with Crippen molar-refractivity contribution in [2.45, 2.75) is 46.1 Å². The molecule has 0 unspecified atom stereocenters. The van der Waals surface area contributed by atoms with Crippen LogP contribution in [-0.2, 0) is 11.3 Å². The molecule has 4 aromatic carbocycles. The molecule has 4 N–H and O–H groups in total. The van der Waals surface area contributed by atoms with E-state index in [2.05, 4.69) is 36.4 Å². The number of halogens is 1. The van der Waals surface area contributed by atoms with Crippen molar-refractivity contribution in [2.75, 3.05) is 80.0 Å². The van der Waals surface area contributed by atoms with E-state index in [4.69, 9.17) is 9.72 Å². The normalized spacial score (nSPS) is 15.5. The van der Waals surface area contributed by atoms with Crippen LogP contribution in [0, 0.1) is 5.92 Å². The Morgan fingerprint density at radius 2 is 1.57 bits per heavy atom. The van der Waals surface area contributed by atoms with Crippen molar-refractivity contribution in [1.29, 1.82) is 0 Å². The SMILES string of the molecule is CCOc1cc(N2CCC(C(=O)N3CCN(Cc4ccc(-n5c(-c6cc(C(C)C)c(O)cc6O)n[nH]c5=O)cc4)CC3)CC2)ccc1Nc1ncc2c(n1)N(C)c1ccccc1C(=O)N2C.Cl. The second kappa shape index (κ2) is 19.4. The van der Waals surface area contributed by atoms with Crippen molar-refractivity contribution in [1.82, 2.24) is 34.5 Å². The lowest BCUT2D eigenvalue weighted by Crippen LogP contribution is -2.51. The molecule has 0 spiro atoms. The lowest BCUT2D eigenvalue weighted by atomic mass is 9.94. The largest absolute Gasteiger partial charge is 0.508 e. The zero-order valence-electron chi connectivity index (χ0n) is 38.3. The number of fused-ring (bicyclic) bond motifs is 2. The smallest absolute Gasteiger partial charge is 0.348 e. The van der Waals surface area contributed by atoms with Gasteiger partial charge in [-0.25, -0.2) is 19.4 Å². The Labute approximate surface area is 395 Å². The van der Waals surface area contributed by atoms with Crippen molar-refractivity contribution in [3.05, 3.63) is 112 Å². The molecule has 5 heterocycles. The van der Waals surface area contributed by atoms with Gasteiger partial charge in [0, 0.05) is 83.6 Å². The van der Waals surface area contributed by atoms with Crippen LogP contribution in [0.5, 0.6) is 17.2 Å². The topological polar surface area (TPSA) is 189 Å². The number of para-hydroxylation sites is 1. The lowest BCUT2D eigenvalue weighted by Gasteiger charge is -2.39. The highest BCUT2D eigenvalue weighted by Gasteiger charge is 2.32. The summed E-state index contributed by atoms with van der Waals surface area (Å²) in [5.41, 5.74) is 5.91. The number of nitrogens with one attached hydrogen (secondary N) is 2. The van der Waals surface area contributed by atoms with E-state index < -0.39 is 5.69 Å². The first-order valence-corrected chi connectivity index (χ1v) is 22.5. The quantitative estimate of drug-likeness (QED) is 0.104. The Bertz CT molecular complexity index is 2830. The fraction of sp³-hybridized carbons (Fsp3) is 0.347. The number of hydrogen-bond donors (Lipinski definition) is 4. The van der Waals surface area contributed by atoms with Crippen LogP contribution in [0.4, 0.5) is 34.5 Å². The molecule has 2 aromatic heterocycles. The van der Waals surface area contributed by atoms with Crippen molar-refractivity contribution < 1.29 is 24.5 Å². The zero-order chi connectivity index (χ0) is 46.2. The van der Waals surface area contributed by atoms with Gasteiger partial charge in [0.1, 0.15) is 22.9 Å². The first-order valence-electron chi connectivity index (χ1n) is 22.5. The van der Waals surface area contributed by atoms with Crippen molar-refractivity contribution in [2.24, 2.45) is 5.92 Å². The molecule has 2 saturated heterocycles. The monoisotopic (exact) mass is 929 g/mol. The number of aromatic amines is 1. The minimum absolute atomic E-state index is 0. The van der Waals surface area contributed by atoms with Crippen LogP contribution in [0.25, 0.3) is 17.1 Å². The van der Waals surface area contributed by atoms with Crippen molar-refractivity contribution >= 4 is 58.7 Å². The van der Waals surface area contributed by atoms with Crippen LogP contribution >= 0.6 is 12.4 Å². The number of phenolic OH excluding ortho intramolecular Hbond substituents is 2. The number of piperidine rings is 1. The van der Waals surface area contributed by atoms with Crippen LogP contribution in [0.2, 0.25) is 0 Å². The van der Waals surface area contributed by atoms with Crippen LogP contribution in [0.3, 0.4) is 0 Å². The van der Waals surface area contributed by atoms with Gasteiger partial charge in [-0.3, -0.25) is 14.5 Å². The molecule has 18 heteroatoms. The average molecular weight is 931 g/mol. The van der Waals surface area contributed by atoms with Crippen LogP contribution in [-0.4, -0.2) is 117 Å². The third kappa shape index (κ3) is 9.21. The summed E-state index contributed by atoms with van der Waals surface area (Å²) < 4.78 is 7.53. The van der Waals surface area contributed by atoms with Gasteiger partial charge in [-0.15, -0.1) is 12.4 Å². The molecule has 9 rings (SSSR count). The summed E-state index contributed by atoms with van der Waals surface area (Å²) in [6.07, 6.45) is 3.19. The molecular weight excluding hydrogens is 874 g/mol. The number of phenols is 2. The Balaban J connectivity index is 0.00000608. The molecule has 0 saturated carbocycles. The fourth-order valence-electron chi connectivity index (χ4n) is 9.20. The Hall–Kier alpha value is -7.11. The molecule has 0 aliphatic carbocycles. The van der Waals surface area contributed by atoms with Gasteiger partial charge >= 0.3 is 5.69 Å². The van der Waals surface area contributed by atoms with E-state index in [1.54, 1.807) is 24.2 Å². The summed E-state index contributed by atoms with van der Waals surface area (Å²) in [5.74, 6) is 1.77. The molecule has 3 aliphatic heterocycles. The van der Waals surface area contributed by atoms with E-state index in [1.165, 1.54) is 10.6 Å². The van der Waals surface area contributed by atoms with Gasteiger partial charge < -0.3 is 39.9 Å². The summed E-state index contributed by atoms with van der Waals surface area (Å²) in [6.45, 7) is 11.3. The van der Waals surface area contributed by atoms with Gasteiger partial charge in [0.2, 0.25) is 11.9 Å². The zero-order valence-corrected chi connectivity index (χ0v) is 39.1. The highest BCUT2D eigenvalue weighted by atomic mass is 35.5. The number of ether oxygens (including phenoxy) is 1. The third-order valence-corrected chi connectivity index (χ3v) is 12.9. The molecule has 0 bridgehead atoms. The molecule has 6 aromatic rings. The number of rotatable bonds is 11. The summed E-state index contributed by atoms with van der Waals surface area (Å²) in [7, 11) is 3.62. The number of nitrogens with zero attached hydrogens (tertiary/aromatic N) is 9. The highest BCUT2D eigenvalue weighted by Crippen LogP contribution is 2.40. The Morgan fingerprint density at radius 1 is 0.851 bits per heavy atom. The van der Waals surface area contributed by atoms with Crippen molar-refractivity contribution in [3.63, 3.8) is 0 Å². The van der Waals surface area contributed by atoms with E-state index in [1.807, 2.05) is 98.3 Å². The molecule has 3 aliphatic rings. The molecular formula is C49H56ClN11O6. The van der Waals surface area contributed by atoms with Gasteiger partial charge in [0.25, 0.3) is 5.91 Å². The van der Waals surface area contributed by atoms with Crippen molar-refractivity contribution in [3.8, 4) is 34.3 Å². The average Bonchev–Trinajstić information content (AvgIpc) is 3.69. The molecule has 17 nitrogen and oxygen atoms in total. The first kappa shape index (κ1) is 46.4. The third-order valence-electron chi connectivity index (χ3n) is 12.9. The molecule has 2 fully saturated rings. The molecule has 350 valence electrons. The lowest BCUT2D eigenvalue weighted by molar-refractivity contribution is -0.138. The maximum atomic E-state index is 13.8. The summed E-state index contributed by atoms with van der Waals surface area (Å²) in [4.78, 5) is 59.5. The Kier molecular flexibility index (Phi) is 13.4. The number of aromatic nitrogens is 5. The number of hydrogen-bond acceptors (Lipinski definition) is 13. The number of aromatic hydroxyl groups is 2. The predicted molar refractivity (Wildman–Crippen MR) is 261 cm³/mol. The fourth-order valence-corrected chi connectivity index (χ4v) is 9.20. The summed E-state index contributed by atoms with van der Waals surface area (Å²) >= 11 is 0. The number of piperazine rings is 1. The van der Waals surface area contributed by atoms with Crippen LogP contribution < -0.4 is 30.4 Å². The number of anilines is 6. The van der Waals surface area contributed by atoms with E-state index in [-0.39, 0.29) is 53.4 Å². The van der Waals surface area contributed by atoms with Gasteiger partial charge in [-0.2, -0.15) is 10.1 Å². The predicted octanol–water partition coefficient (Wildman–Crippen LogP) is 7.04. The second-order valence-electron chi connectivity index (χ2n) is 17.4. The Morgan fingerprint density at radius 3 is 2.28 bits per heavy atom. The number of H-pyrrole nitrogens is 1. The van der Waals surface area contributed by atoms with E-state index in [9.17, 15) is 24.6 Å². The highest BCUT2D eigenvalue weighted by molar-refractivity contribution is 6.13. The van der Waals surface area contributed by atoms with Gasteiger partial charge in [0.15, 0.2) is 11.6 Å². The molecule has 2 amide bonds. The first-order chi connectivity index (χ1) is 31.9. The summed E-state index contributed by atoms with van der Waals surface area (Å²) in [6, 6.07) is 24.2. The van der Waals surface area contributed by atoms with E-state index in [0.717, 1.165) is 61.6 Å². The second-order valence-corrected chi connectivity index (χ2v) is 17.4. The van der Waals surface area contributed by atoms with Gasteiger partial charge in [-0.05, 0) is 79.3 Å². The minimum atomic E-state index is -0.440. The number of carbonyl (C=O) groups is 2. The minimum Gasteiger partial charge on any atom is -0.508 e. The maximum absolute atomic E-state index is 13.8. The molecule has 0 radical (unpaired) electrons. The number of amides is 2.